The van der Waals surface area contributed by atoms with Crippen molar-refractivity contribution in [3.63, 3.8) is 0 Å². The van der Waals surface area contributed by atoms with E-state index in [1.165, 1.54) is 32.8 Å². The lowest BCUT2D eigenvalue weighted by atomic mass is 10.1. The van der Waals surface area contributed by atoms with Crippen LogP contribution in [0.5, 0.6) is 11.5 Å². The summed E-state index contributed by atoms with van der Waals surface area (Å²) in [6.07, 6.45) is 5.02. The zero-order valence-electron chi connectivity index (χ0n) is 29.0. The number of amides is 1. The van der Waals surface area contributed by atoms with E-state index in [0.29, 0.717) is 16.8 Å². The molecule has 0 bridgehead atoms. The highest BCUT2D eigenvalue weighted by molar-refractivity contribution is 6.06. The third-order valence-corrected chi connectivity index (χ3v) is 9.26. The summed E-state index contributed by atoms with van der Waals surface area (Å²) in [5.41, 5.74) is 6.71. The number of benzene rings is 4. The highest BCUT2D eigenvalue weighted by atomic mass is 16.5. The smallest absolute Gasteiger partial charge is 0.337 e. The van der Waals surface area contributed by atoms with Crippen molar-refractivity contribution in [1.29, 1.82) is 0 Å². The number of esters is 1. The van der Waals surface area contributed by atoms with Crippen LogP contribution in [0.4, 0.5) is 5.69 Å². The Kier molecular flexibility index (Phi) is 11.4. The monoisotopic (exact) mass is 675 g/mol. The molecular weight excluding hydrogens is 630 g/mol. The first-order valence-corrected chi connectivity index (χ1v) is 17.2. The molecular formula is C40H45N5O5. The van der Waals surface area contributed by atoms with E-state index in [9.17, 15) is 9.59 Å². The Morgan fingerprint density at radius 3 is 1.88 bits per heavy atom. The molecule has 2 aliphatic rings. The largest absolute Gasteiger partial charge is 0.496 e. The van der Waals surface area contributed by atoms with Crippen LogP contribution < -0.4 is 14.8 Å². The molecule has 7 rings (SSSR count). The van der Waals surface area contributed by atoms with Gasteiger partial charge in [-0.15, -0.1) is 0 Å². The van der Waals surface area contributed by atoms with Gasteiger partial charge in [-0.3, -0.25) is 14.6 Å². The van der Waals surface area contributed by atoms with Crippen LogP contribution in [0.1, 0.15) is 57.5 Å². The number of carbonyl (C=O) groups is 2. The van der Waals surface area contributed by atoms with E-state index >= 15 is 0 Å². The van der Waals surface area contributed by atoms with Crippen LogP contribution in [-0.2, 0) is 17.8 Å². The maximum atomic E-state index is 13.1. The molecule has 260 valence electrons. The second kappa shape index (κ2) is 16.5. The first-order chi connectivity index (χ1) is 24.4. The number of methoxy groups -OCH3 is 3. The number of carbonyl (C=O) groups excluding carboxylic acids is 2. The van der Waals surface area contributed by atoms with Gasteiger partial charge in [0.1, 0.15) is 17.3 Å². The number of fused-ring (bicyclic) bond motifs is 1. The summed E-state index contributed by atoms with van der Waals surface area (Å²) in [5, 5.41) is 3.05. The summed E-state index contributed by atoms with van der Waals surface area (Å²) in [6.45, 7) is 6.24. The summed E-state index contributed by atoms with van der Waals surface area (Å²) in [7, 11) is 4.66. The van der Waals surface area contributed by atoms with Gasteiger partial charge in [-0.25, -0.2) is 9.78 Å². The van der Waals surface area contributed by atoms with Gasteiger partial charge in [-0.1, -0.05) is 36.4 Å². The number of hydrogen-bond donors (Lipinski definition) is 2. The molecule has 4 aromatic carbocycles. The molecule has 2 N–H and O–H groups in total. The summed E-state index contributed by atoms with van der Waals surface area (Å²) >= 11 is 0. The first kappa shape index (κ1) is 34.7. The van der Waals surface area contributed by atoms with Crippen molar-refractivity contribution in [3.05, 3.63) is 107 Å². The van der Waals surface area contributed by atoms with E-state index in [-0.39, 0.29) is 11.9 Å². The van der Waals surface area contributed by atoms with E-state index in [1.807, 2.05) is 72.8 Å². The van der Waals surface area contributed by atoms with Crippen LogP contribution in [0.3, 0.4) is 0 Å². The molecule has 0 saturated carbocycles. The normalized spacial score (nSPS) is 14.6. The number of hydrogen-bond acceptors (Lipinski definition) is 8. The van der Waals surface area contributed by atoms with E-state index in [2.05, 4.69) is 25.1 Å². The molecule has 0 spiro atoms. The standard InChI is InChI=1S/C26H26N4O2.C14H19NO3/c1-32-24-16-18(12-13-19(24)17-30-14-6-7-15-30)26(31)29-21-9-3-2-8-20(21)25-27-22-10-4-5-11-23(22)28-25;1-17-13-9-11(14(16)18-2)5-6-12(13)10-15-7-3-4-8-15/h2-5,8-13,16H,6-7,14-15,17H2,1H3,(H,27,28)(H,29,31);5-6,9H,3-4,7-8,10H2,1-2H3. The molecule has 2 aliphatic heterocycles. The quantitative estimate of drug-likeness (QED) is 0.150. The fourth-order valence-corrected chi connectivity index (χ4v) is 6.57. The number of aromatic amines is 1. The highest BCUT2D eigenvalue weighted by Gasteiger charge is 2.18. The Morgan fingerprint density at radius 2 is 1.28 bits per heavy atom. The highest BCUT2D eigenvalue weighted by Crippen LogP contribution is 2.29. The zero-order valence-corrected chi connectivity index (χ0v) is 29.0. The number of anilines is 1. The average molecular weight is 676 g/mol. The van der Waals surface area contributed by atoms with Crippen LogP contribution in [0.2, 0.25) is 0 Å². The lowest BCUT2D eigenvalue weighted by Crippen LogP contribution is -2.19. The Labute approximate surface area is 293 Å². The molecule has 5 aromatic rings. The Bertz CT molecular complexity index is 1890. The number of para-hydroxylation sites is 3. The van der Waals surface area contributed by atoms with E-state index in [0.717, 1.165) is 84.3 Å². The van der Waals surface area contributed by atoms with Crippen molar-refractivity contribution < 1.29 is 23.8 Å². The fourth-order valence-electron chi connectivity index (χ4n) is 6.57. The fraction of sp³-hybridized carbons (Fsp3) is 0.325. The first-order valence-electron chi connectivity index (χ1n) is 17.2. The van der Waals surface area contributed by atoms with Gasteiger partial charge in [0.25, 0.3) is 5.91 Å². The molecule has 2 saturated heterocycles. The van der Waals surface area contributed by atoms with Gasteiger partial charge >= 0.3 is 5.97 Å². The van der Waals surface area contributed by atoms with E-state index in [4.69, 9.17) is 14.2 Å². The molecule has 1 aromatic heterocycles. The molecule has 50 heavy (non-hydrogen) atoms. The van der Waals surface area contributed by atoms with Crippen LogP contribution in [-0.4, -0.2) is 79.2 Å². The van der Waals surface area contributed by atoms with Crippen molar-refractivity contribution in [1.82, 2.24) is 19.8 Å². The number of aromatic nitrogens is 2. The van der Waals surface area contributed by atoms with Crippen molar-refractivity contribution in [2.24, 2.45) is 0 Å². The summed E-state index contributed by atoms with van der Waals surface area (Å²) in [4.78, 5) is 37.4. The van der Waals surface area contributed by atoms with Crippen LogP contribution in [0.15, 0.2) is 84.9 Å². The molecule has 0 radical (unpaired) electrons. The topological polar surface area (TPSA) is 109 Å². The van der Waals surface area contributed by atoms with Crippen molar-refractivity contribution in [2.75, 3.05) is 52.8 Å². The maximum Gasteiger partial charge on any atom is 0.337 e. The third kappa shape index (κ3) is 8.33. The molecule has 2 fully saturated rings. The number of ether oxygens (including phenoxy) is 3. The molecule has 0 unspecified atom stereocenters. The SMILES string of the molecule is COC(=O)c1ccc(CN2CCCC2)c(OC)c1.COc1cc(C(=O)Nc2ccccc2-c2nc3ccccc3[nH]2)ccc1CN1CCCC1. The zero-order chi connectivity index (χ0) is 34.9. The Morgan fingerprint density at radius 1 is 0.720 bits per heavy atom. The summed E-state index contributed by atoms with van der Waals surface area (Å²) in [6, 6.07) is 26.7. The van der Waals surface area contributed by atoms with Crippen molar-refractivity contribution in [3.8, 4) is 22.9 Å². The van der Waals surface area contributed by atoms with Gasteiger partial charge < -0.3 is 24.5 Å². The van der Waals surface area contributed by atoms with E-state index < -0.39 is 0 Å². The number of likely N-dealkylation sites (tertiary alicyclic amines) is 2. The lowest BCUT2D eigenvalue weighted by molar-refractivity contribution is 0.0600. The predicted molar refractivity (Wildman–Crippen MR) is 196 cm³/mol. The molecule has 10 heteroatoms. The number of nitrogens with one attached hydrogen (secondary N) is 2. The van der Waals surface area contributed by atoms with Gasteiger partial charge in [-0.2, -0.15) is 0 Å². The summed E-state index contributed by atoms with van der Waals surface area (Å²) in [5.74, 6) is 1.71. The molecule has 0 atom stereocenters. The van der Waals surface area contributed by atoms with Crippen LogP contribution in [0.25, 0.3) is 22.4 Å². The number of rotatable bonds is 10. The van der Waals surface area contributed by atoms with Gasteiger partial charge in [0.15, 0.2) is 0 Å². The molecule has 0 aliphatic carbocycles. The predicted octanol–water partition coefficient (Wildman–Crippen LogP) is 7.16. The Hall–Kier alpha value is -5.19. The van der Waals surface area contributed by atoms with Gasteiger partial charge in [0.2, 0.25) is 0 Å². The maximum absolute atomic E-state index is 13.1. The number of nitrogens with zero attached hydrogens (tertiary/aromatic N) is 3. The van der Waals surface area contributed by atoms with Crippen LogP contribution in [0, 0.1) is 0 Å². The molecule has 1 amide bonds. The minimum absolute atomic E-state index is 0.181. The average Bonchev–Trinajstić information content (AvgIpc) is 3.95. The van der Waals surface area contributed by atoms with Crippen molar-refractivity contribution in [2.45, 2.75) is 38.8 Å². The minimum Gasteiger partial charge on any atom is -0.496 e. The number of imidazole rings is 1. The van der Waals surface area contributed by atoms with Gasteiger partial charge in [0.05, 0.1) is 43.6 Å². The minimum atomic E-state index is -0.332. The number of H-pyrrole nitrogens is 1. The van der Waals surface area contributed by atoms with E-state index in [1.54, 1.807) is 26.4 Å². The second-order valence-electron chi connectivity index (χ2n) is 12.6. The van der Waals surface area contributed by atoms with Crippen LogP contribution >= 0.6 is 0 Å². The second-order valence-corrected chi connectivity index (χ2v) is 12.6. The molecule has 10 nitrogen and oxygen atoms in total. The Balaban J connectivity index is 0.000000204. The van der Waals surface area contributed by atoms with Gasteiger partial charge in [-0.05, 0) is 100 Å². The third-order valence-electron chi connectivity index (χ3n) is 9.26. The molecule has 3 heterocycles. The summed E-state index contributed by atoms with van der Waals surface area (Å²) < 4.78 is 15.7. The van der Waals surface area contributed by atoms with Gasteiger partial charge in [0, 0.05) is 35.3 Å². The lowest BCUT2D eigenvalue weighted by Gasteiger charge is -2.17. The van der Waals surface area contributed by atoms with Crippen molar-refractivity contribution >= 4 is 28.6 Å².